The zero-order valence-electron chi connectivity index (χ0n) is 12.1. The van der Waals surface area contributed by atoms with Gasteiger partial charge in [-0.25, -0.2) is 4.79 Å². The smallest absolute Gasteiger partial charge is 0.336 e. The molecule has 1 aliphatic carbocycles. The first-order valence-electron chi connectivity index (χ1n) is 7.39. The lowest BCUT2D eigenvalue weighted by atomic mass is 9.84. The van der Waals surface area contributed by atoms with Crippen molar-refractivity contribution in [3.8, 4) is 0 Å². The van der Waals surface area contributed by atoms with Crippen LogP contribution in [0.5, 0.6) is 0 Å². The summed E-state index contributed by atoms with van der Waals surface area (Å²) >= 11 is 0. The standard InChI is InChI=1S/C16H17NO5/c18-12-3-1-2-10-4-5-11(16(20)21)14(13(10)12)15(19)17-6-8-22-9-7-17/h4-5H,1-3,6-9H2,(H,20,21). The van der Waals surface area contributed by atoms with Crippen LogP contribution >= 0.6 is 0 Å². The number of Topliss-reactive ketones (excluding diaryl/α,β-unsaturated/α-hetero) is 1. The maximum atomic E-state index is 12.8. The van der Waals surface area contributed by atoms with E-state index in [1.165, 1.54) is 6.07 Å². The molecule has 0 spiro atoms. The number of hydrogen-bond donors (Lipinski definition) is 1. The van der Waals surface area contributed by atoms with Crippen LogP contribution < -0.4 is 0 Å². The largest absolute Gasteiger partial charge is 0.478 e. The summed E-state index contributed by atoms with van der Waals surface area (Å²) in [7, 11) is 0. The number of ether oxygens (including phenoxy) is 1. The van der Waals surface area contributed by atoms with Gasteiger partial charge in [0.2, 0.25) is 0 Å². The van der Waals surface area contributed by atoms with Gasteiger partial charge >= 0.3 is 5.97 Å². The van der Waals surface area contributed by atoms with Crippen LogP contribution in [0.15, 0.2) is 12.1 Å². The predicted molar refractivity (Wildman–Crippen MR) is 77.4 cm³/mol. The minimum absolute atomic E-state index is 0.0524. The molecule has 1 N–H and O–H groups in total. The molecule has 22 heavy (non-hydrogen) atoms. The highest BCUT2D eigenvalue weighted by Gasteiger charge is 2.31. The van der Waals surface area contributed by atoms with E-state index in [4.69, 9.17) is 4.74 Å². The zero-order chi connectivity index (χ0) is 15.7. The minimum atomic E-state index is -1.18. The molecule has 1 aliphatic heterocycles. The highest BCUT2D eigenvalue weighted by molar-refractivity contribution is 6.14. The van der Waals surface area contributed by atoms with Crippen LogP contribution in [-0.2, 0) is 11.2 Å². The molecule has 6 nitrogen and oxygen atoms in total. The molecule has 0 aromatic heterocycles. The van der Waals surface area contributed by atoms with Crippen LogP contribution in [0.4, 0.5) is 0 Å². The normalized spacial score (nSPS) is 18.0. The molecule has 1 amide bonds. The third-order valence-corrected chi connectivity index (χ3v) is 4.16. The molecule has 0 atom stereocenters. The molecule has 3 rings (SSSR count). The summed E-state index contributed by atoms with van der Waals surface area (Å²) in [5.41, 5.74) is 1.04. The minimum Gasteiger partial charge on any atom is -0.478 e. The molecule has 1 saturated heterocycles. The van der Waals surface area contributed by atoms with Gasteiger partial charge in [0.05, 0.1) is 24.3 Å². The molecular weight excluding hydrogens is 286 g/mol. The number of benzene rings is 1. The van der Waals surface area contributed by atoms with E-state index in [2.05, 4.69) is 0 Å². The van der Waals surface area contributed by atoms with Crippen LogP contribution in [0.25, 0.3) is 0 Å². The van der Waals surface area contributed by atoms with Crippen molar-refractivity contribution in [3.05, 3.63) is 34.4 Å². The van der Waals surface area contributed by atoms with E-state index in [9.17, 15) is 19.5 Å². The Morgan fingerprint density at radius 1 is 1.14 bits per heavy atom. The molecule has 0 saturated carbocycles. The molecule has 0 radical (unpaired) electrons. The molecule has 1 fully saturated rings. The van der Waals surface area contributed by atoms with Crippen LogP contribution in [0.1, 0.15) is 49.5 Å². The monoisotopic (exact) mass is 303 g/mol. The van der Waals surface area contributed by atoms with Crippen LogP contribution in [-0.4, -0.2) is 54.0 Å². The first-order valence-corrected chi connectivity index (χ1v) is 7.39. The molecule has 1 aromatic carbocycles. The Hall–Kier alpha value is -2.21. The summed E-state index contributed by atoms with van der Waals surface area (Å²) in [6.45, 7) is 1.68. The van der Waals surface area contributed by atoms with Gasteiger partial charge in [0, 0.05) is 25.1 Å². The van der Waals surface area contributed by atoms with Crippen LogP contribution in [0, 0.1) is 0 Å². The fourth-order valence-corrected chi connectivity index (χ4v) is 3.06. The van der Waals surface area contributed by atoms with Gasteiger partial charge in [-0.2, -0.15) is 0 Å². The maximum absolute atomic E-state index is 12.8. The lowest BCUT2D eigenvalue weighted by Gasteiger charge is -2.29. The number of amides is 1. The predicted octanol–water partition coefficient (Wildman–Crippen LogP) is 1.38. The number of hydrogen-bond acceptors (Lipinski definition) is 4. The van der Waals surface area contributed by atoms with E-state index in [1.54, 1.807) is 11.0 Å². The molecule has 2 aliphatic rings. The number of rotatable bonds is 2. The fraction of sp³-hybridized carbons (Fsp3) is 0.438. The fourth-order valence-electron chi connectivity index (χ4n) is 3.06. The van der Waals surface area contributed by atoms with Crippen molar-refractivity contribution in [2.75, 3.05) is 26.3 Å². The number of carbonyl (C=O) groups excluding carboxylic acids is 2. The Morgan fingerprint density at radius 3 is 2.55 bits per heavy atom. The van der Waals surface area contributed by atoms with Crippen molar-refractivity contribution in [1.29, 1.82) is 0 Å². The molecule has 1 heterocycles. The number of aryl methyl sites for hydroxylation is 1. The van der Waals surface area contributed by atoms with E-state index in [0.29, 0.717) is 44.7 Å². The van der Waals surface area contributed by atoms with Gasteiger partial charge in [-0.3, -0.25) is 9.59 Å². The number of ketones is 1. The first-order chi connectivity index (χ1) is 10.6. The highest BCUT2D eigenvalue weighted by atomic mass is 16.5. The van der Waals surface area contributed by atoms with E-state index in [1.807, 2.05) is 0 Å². The summed E-state index contributed by atoms with van der Waals surface area (Å²) in [5.74, 6) is -1.70. The van der Waals surface area contributed by atoms with Gasteiger partial charge in [0.25, 0.3) is 5.91 Å². The highest BCUT2D eigenvalue weighted by Crippen LogP contribution is 2.28. The first kappa shape index (κ1) is 14.7. The average molecular weight is 303 g/mol. The molecule has 0 unspecified atom stereocenters. The average Bonchev–Trinajstić information content (AvgIpc) is 2.54. The van der Waals surface area contributed by atoms with E-state index in [0.717, 1.165) is 12.0 Å². The van der Waals surface area contributed by atoms with Gasteiger partial charge in [-0.15, -0.1) is 0 Å². The molecule has 116 valence electrons. The number of carboxylic acids is 1. The zero-order valence-corrected chi connectivity index (χ0v) is 12.1. The Morgan fingerprint density at radius 2 is 1.86 bits per heavy atom. The van der Waals surface area contributed by atoms with Crippen molar-refractivity contribution < 1.29 is 24.2 Å². The van der Waals surface area contributed by atoms with Crippen molar-refractivity contribution in [2.45, 2.75) is 19.3 Å². The summed E-state index contributed by atoms with van der Waals surface area (Å²) in [4.78, 5) is 38.1. The Labute approximate surface area is 127 Å². The van der Waals surface area contributed by atoms with Gasteiger partial charge in [0.1, 0.15) is 0 Å². The Bertz CT molecular complexity index is 646. The summed E-state index contributed by atoms with van der Waals surface area (Å²) in [5, 5.41) is 9.39. The Balaban J connectivity index is 2.12. The molecular formula is C16H17NO5. The van der Waals surface area contributed by atoms with E-state index < -0.39 is 5.97 Å². The summed E-state index contributed by atoms with van der Waals surface area (Å²) in [6, 6.07) is 3.10. The number of carbonyl (C=O) groups is 3. The van der Waals surface area contributed by atoms with Gasteiger partial charge in [-0.05, 0) is 24.5 Å². The quantitative estimate of drug-likeness (QED) is 0.892. The number of morpholine rings is 1. The van der Waals surface area contributed by atoms with Crippen molar-refractivity contribution in [1.82, 2.24) is 4.90 Å². The SMILES string of the molecule is O=C(O)c1ccc2c(c1C(=O)N1CCOCC1)C(=O)CCC2. The van der Waals surface area contributed by atoms with E-state index in [-0.39, 0.29) is 22.8 Å². The molecule has 0 bridgehead atoms. The number of fused-ring (bicyclic) bond motifs is 1. The van der Waals surface area contributed by atoms with Crippen molar-refractivity contribution in [3.63, 3.8) is 0 Å². The van der Waals surface area contributed by atoms with Crippen molar-refractivity contribution >= 4 is 17.7 Å². The Kier molecular flexibility index (Phi) is 3.94. The second kappa shape index (κ2) is 5.88. The number of aromatic carboxylic acids is 1. The third-order valence-electron chi connectivity index (χ3n) is 4.16. The lowest BCUT2D eigenvalue weighted by Crippen LogP contribution is -2.42. The number of nitrogens with zero attached hydrogens (tertiary/aromatic N) is 1. The molecule has 6 heteroatoms. The van der Waals surface area contributed by atoms with E-state index >= 15 is 0 Å². The molecule has 1 aromatic rings. The van der Waals surface area contributed by atoms with Crippen LogP contribution in [0.3, 0.4) is 0 Å². The number of carboxylic acid groups (broad SMARTS) is 1. The third kappa shape index (κ3) is 2.50. The van der Waals surface area contributed by atoms with Crippen LogP contribution in [0.2, 0.25) is 0 Å². The van der Waals surface area contributed by atoms with Gasteiger partial charge < -0.3 is 14.7 Å². The summed E-state index contributed by atoms with van der Waals surface area (Å²) < 4.78 is 5.22. The topological polar surface area (TPSA) is 83.9 Å². The van der Waals surface area contributed by atoms with Gasteiger partial charge in [-0.1, -0.05) is 6.07 Å². The lowest BCUT2D eigenvalue weighted by molar-refractivity contribution is 0.0299. The maximum Gasteiger partial charge on any atom is 0.336 e. The van der Waals surface area contributed by atoms with Gasteiger partial charge in [0.15, 0.2) is 5.78 Å². The van der Waals surface area contributed by atoms with Crippen molar-refractivity contribution in [2.24, 2.45) is 0 Å². The second-order valence-corrected chi connectivity index (χ2v) is 5.51. The second-order valence-electron chi connectivity index (χ2n) is 5.51. The summed E-state index contributed by atoms with van der Waals surface area (Å²) in [6.07, 6.45) is 1.80.